The molecule has 0 aliphatic rings. The van der Waals surface area contributed by atoms with Crippen LogP contribution in [0.25, 0.3) is 11.4 Å². The van der Waals surface area contributed by atoms with E-state index in [-0.39, 0.29) is 23.8 Å². The monoisotopic (exact) mass is 409 g/mol. The van der Waals surface area contributed by atoms with E-state index in [0.717, 1.165) is 11.3 Å². The van der Waals surface area contributed by atoms with E-state index in [1.165, 1.54) is 22.8 Å². The van der Waals surface area contributed by atoms with E-state index in [9.17, 15) is 14.0 Å². The van der Waals surface area contributed by atoms with Gasteiger partial charge in [0.2, 0.25) is 5.91 Å². The number of hydrogen-bond acceptors (Lipinski definition) is 4. The van der Waals surface area contributed by atoms with Crippen molar-refractivity contribution in [2.75, 3.05) is 13.7 Å². The average Bonchev–Trinajstić information content (AvgIpc) is 2.75. The normalized spacial score (nSPS) is 10.6. The molecule has 6 nitrogen and oxygen atoms in total. The standard InChI is InChI=1S/C23H24FN3O3/c1-3-19-14-22(29)27(23(26-19)17-5-4-6-18(24)13-17)15-21(28)25-12-11-16-7-9-20(30-2)10-8-16/h4-10,13-14H,3,11-12,15H2,1-2H3,(H,25,28). The Labute approximate surface area is 174 Å². The number of benzene rings is 2. The fourth-order valence-corrected chi connectivity index (χ4v) is 3.07. The summed E-state index contributed by atoms with van der Waals surface area (Å²) in [6.07, 6.45) is 1.21. The van der Waals surface area contributed by atoms with Crippen molar-refractivity contribution in [1.29, 1.82) is 0 Å². The lowest BCUT2D eigenvalue weighted by Crippen LogP contribution is -2.34. The highest BCUT2D eigenvalue weighted by Gasteiger charge is 2.14. The summed E-state index contributed by atoms with van der Waals surface area (Å²) < 4.78 is 20.1. The second-order valence-corrected chi connectivity index (χ2v) is 6.81. The summed E-state index contributed by atoms with van der Waals surface area (Å²) in [4.78, 5) is 29.5. The highest BCUT2D eigenvalue weighted by atomic mass is 19.1. The highest BCUT2D eigenvalue weighted by Crippen LogP contribution is 2.17. The van der Waals surface area contributed by atoms with Crippen LogP contribution >= 0.6 is 0 Å². The number of aryl methyl sites for hydroxylation is 1. The fourth-order valence-electron chi connectivity index (χ4n) is 3.07. The van der Waals surface area contributed by atoms with Crippen molar-refractivity contribution in [1.82, 2.24) is 14.9 Å². The molecule has 156 valence electrons. The molecule has 1 heterocycles. The minimum atomic E-state index is -0.431. The Morgan fingerprint density at radius 2 is 1.93 bits per heavy atom. The van der Waals surface area contributed by atoms with Gasteiger partial charge >= 0.3 is 0 Å². The predicted molar refractivity (Wildman–Crippen MR) is 113 cm³/mol. The Balaban J connectivity index is 1.73. The number of carbonyl (C=O) groups is 1. The van der Waals surface area contributed by atoms with E-state index in [1.54, 1.807) is 19.2 Å². The first kappa shape index (κ1) is 21.2. The van der Waals surface area contributed by atoms with Crippen LogP contribution < -0.4 is 15.6 Å². The minimum Gasteiger partial charge on any atom is -0.497 e. The summed E-state index contributed by atoms with van der Waals surface area (Å²) in [6, 6.07) is 14.9. The number of amides is 1. The average molecular weight is 409 g/mol. The lowest BCUT2D eigenvalue weighted by Gasteiger charge is -2.14. The molecule has 0 aliphatic heterocycles. The Morgan fingerprint density at radius 3 is 2.60 bits per heavy atom. The van der Waals surface area contributed by atoms with Gasteiger partial charge in [-0.3, -0.25) is 14.2 Å². The molecule has 0 aliphatic carbocycles. The van der Waals surface area contributed by atoms with Gasteiger partial charge in [-0.25, -0.2) is 9.37 Å². The van der Waals surface area contributed by atoms with Crippen molar-refractivity contribution < 1.29 is 13.9 Å². The molecule has 30 heavy (non-hydrogen) atoms. The van der Waals surface area contributed by atoms with Crippen LogP contribution in [0.3, 0.4) is 0 Å². The molecule has 1 amide bonds. The first-order valence-corrected chi connectivity index (χ1v) is 9.76. The summed E-state index contributed by atoms with van der Waals surface area (Å²) in [5.41, 5.74) is 1.76. The van der Waals surface area contributed by atoms with E-state index in [2.05, 4.69) is 10.3 Å². The molecule has 3 aromatic rings. The Hall–Kier alpha value is -3.48. The van der Waals surface area contributed by atoms with E-state index < -0.39 is 5.82 Å². The number of hydrogen-bond donors (Lipinski definition) is 1. The van der Waals surface area contributed by atoms with E-state index in [1.807, 2.05) is 31.2 Å². The second-order valence-electron chi connectivity index (χ2n) is 6.81. The van der Waals surface area contributed by atoms with Crippen LogP contribution in [-0.2, 0) is 24.2 Å². The number of aromatic nitrogens is 2. The largest absolute Gasteiger partial charge is 0.497 e. The maximum atomic E-state index is 13.7. The maximum Gasteiger partial charge on any atom is 0.254 e. The van der Waals surface area contributed by atoms with E-state index in [0.29, 0.717) is 30.6 Å². The van der Waals surface area contributed by atoms with Crippen molar-refractivity contribution in [2.45, 2.75) is 26.3 Å². The van der Waals surface area contributed by atoms with Gasteiger partial charge in [-0.1, -0.05) is 31.2 Å². The topological polar surface area (TPSA) is 73.2 Å². The SMILES string of the molecule is CCc1cc(=O)n(CC(=O)NCCc2ccc(OC)cc2)c(-c2cccc(F)c2)n1. The zero-order chi connectivity index (χ0) is 21.5. The van der Waals surface area contributed by atoms with Crippen LogP contribution in [0.4, 0.5) is 4.39 Å². The molecular weight excluding hydrogens is 385 g/mol. The lowest BCUT2D eigenvalue weighted by atomic mass is 10.1. The summed E-state index contributed by atoms with van der Waals surface area (Å²) in [7, 11) is 1.61. The van der Waals surface area contributed by atoms with E-state index >= 15 is 0 Å². The maximum absolute atomic E-state index is 13.7. The van der Waals surface area contributed by atoms with Crippen LogP contribution in [0.5, 0.6) is 5.75 Å². The van der Waals surface area contributed by atoms with Gasteiger partial charge in [-0.2, -0.15) is 0 Å². The number of carbonyl (C=O) groups excluding carboxylic acids is 1. The molecule has 3 rings (SSSR count). The smallest absolute Gasteiger partial charge is 0.254 e. The molecule has 0 atom stereocenters. The molecule has 1 N–H and O–H groups in total. The van der Waals surface area contributed by atoms with Crippen molar-refractivity contribution in [3.63, 3.8) is 0 Å². The van der Waals surface area contributed by atoms with Crippen LogP contribution in [0.2, 0.25) is 0 Å². The van der Waals surface area contributed by atoms with E-state index in [4.69, 9.17) is 4.74 Å². The fraction of sp³-hybridized carbons (Fsp3) is 0.261. The van der Waals surface area contributed by atoms with Gasteiger partial charge in [-0.15, -0.1) is 0 Å². The van der Waals surface area contributed by atoms with Crippen molar-refractivity contribution in [2.24, 2.45) is 0 Å². The first-order valence-electron chi connectivity index (χ1n) is 9.76. The van der Waals surface area contributed by atoms with Crippen LogP contribution in [-0.4, -0.2) is 29.1 Å². The predicted octanol–water partition coefficient (Wildman–Crippen LogP) is 2.98. The van der Waals surface area contributed by atoms with Gasteiger partial charge < -0.3 is 10.1 Å². The Kier molecular flexibility index (Phi) is 6.95. The quantitative estimate of drug-likeness (QED) is 0.621. The molecule has 1 aromatic heterocycles. The van der Waals surface area contributed by atoms with Crippen molar-refractivity contribution in [3.8, 4) is 17.1 Å². The van der Waals surface area contributed by atoms with Gasteiger partial charge in [0.15, 0.2) is 0 Å². The molecule has 0 radical (unpaired) electrons. The number of nitrogens with zero attached hydrogens (tertiary/aromatic N) is 2. The second kappa shape index (κ2) is 9.82. The Morgan fingerprint density at radius 1 is 1.17 bits per heavy atom. The molecular formula is C23H24FN3O3. The number of rotatable bonds is 8. The third-order valence-corrected chi connectivity index (χ3v) is 4.70. The minimum absolute atomic E-state index is 0.190. The highest BCUT2D eigenvalue weighted by molar-refractivity contribution is 5.76. The van der Waals surface area contributed by atoms with Gasteiger partial charge in [0.05, 0.1) is 7.11 Å². The summed E-state index contributed by atoms with van der Waals surface area (Å²) in [5.74, 6) is 0.313. The van der Waals surface area contributed by atoms with Gasteiger partial charge in [0.25, 0.3) is 5.56 Å². The third kappa shape index (κ3) is 5.31. The molecule has 0 fully saturated rings. The molecule has 0 saturated carbocycles. The van der Waals surface area contributed by atoms with Crippen LogP contribution in [0.1, 0.15) is 18.2 Å². The number of ether oxygens (including phenoxy) is 1. The van der Waals surface area contributed by atoms with Gasteiger partial charge in [0, 0.05) is 23.9 Å². The molecule has 7 heteroatoms. The first-order chi connectivity index (χ1) is 14.5. The zero-order valence-corrected chi connectivity index (χ0v) is 17.0. The lowest BCUT2D eigenvalue weighted by molar-refractivity contribution is -0.121. The number of halogens is 1. The van der Waals surface area contributed by atoms with Crippen LogP contribution in [0.15, 0.2) is 59.4 Å². The molecule has 0 saturated heterocycles. The summed E-state index contributed by atoms with van der Waals surface area (Å²) in [6.45, 7) is 2.12. The molecule has 2 aromatic carbocycles. The third-order valence-electron chi connectivity index (χ3n) is 4.70. The summed E-state index contributed by atoms with van der Waals surface area (Å²) >= 11 is 0. The Bertz CT molecular complexity index is 1080. The van der Waals surface area contributed by atoms with Crippen molar-refractivity contribution in [3.05, 3.63) is 82.0 Å². The van der Waals surface area contributed by atoms with Gasteiger partial charge in [0.1, 0.15) is 23.9 Å². The molecule has 0 bridgehead atoms. The van der Waals surface area contributed by atoms with Crippen molar-refractivity contribution >= 4 is 5.91 Å². The number of methoxy groups -OCH3 is 1. The van der Waals surface area contributed by atoms with Crippen LogP contribution in [0, 0.1) is 5.82 Å². The number of nitrogens with one attached hydrogen (secondary N) is 1. The molecule has 0 spiro atoms. The zero-order valence-electron chi connectivity index (χ0n) is 17.0. The summed E-state index contributed by atoms with van der Waals surface area (Å²) in [5, 5.41) is 2.82. The molecule has 0 unspecified atom stereocenters. The van der Waals surface area contributed by atoms with Gasteiger partial charge in [-0.05, 0) is 42.7 Å².